The average Bonchev–Trinajstić information content (AvgIpc) is 2.94. The Balaban J connectivity index is 1.42. The summed E-state index contributed by atoms with van der Waals surface area (Å²) in [6.07, 6.45) is 1.52. The molecule has 3 aromatic carbocycles. The Morgan fingerprint density at radius 2 is 1.67 bits per heavy atom. The summed E-state index contributed by atoms with van der Waals surface area (Å²) in [6, 6.07) is 19.0. The molecule has 39 heavy (non-hydrogen) atoms. The molecule has 1 unspecified atom stereocenters. The number of nitro benzene ring substituents is 1. The third kappa shape index (κ3) is 8.00. The fraction of sp³-hybridized carbons (Fsp3) is 0.286. The zero-order chi connectivity index (χ0) is 27.6. The number of rotatable bonds is 10. The number of carbonyl (C=O) groups is 2. The van der Waals surface area contributed by atoms with Gasteiger partial charge in [-0.3, -0.25) is 19.8 Å². The van der Waals surface area contributed by atoms with Crippen molar-refractivity contribution in [2.24, 2.45) is 0 Å². The van der Waals surface area contributed by atoms with Crippen molar-refractivity contribution in [1.82, 2.24) is 10.2 Å². The number of nitrogens with two attached hydrogens (primary N) is 1. The zero-order valence-corrected chi connectivity index (χ0v) is 21.5. The van der Waals surface area contributed by atoms with E-state index in [1.54, 1.807) is 36.4 Å². The topological polar surface area (TPSA) is 152 Å². The molecule has 1 fully saturated rings. The fourth-order valence-electron chi connectivity index (χ4n) is 4.33. The first-order valence-corrected chi connectivity index (χ1v) is 12.8. The van der Waals surface area contributed by atoms with Gasteiger partial charge in [-0.2, -0.15) is 0 Å². The second kappa shape index (κ2) is 13.4. The maximum atomic E-state index is 12.8. The average molecular weight is 533 g/mol. The van der Waals surface area contributed by atoms with Gasteiger partial charge in [-0.15, -0.1) is 0 Å². The van der Waals surface area contributed by atoms with E-state index in [9.17, 15) is 19.7 Å². The second-order valence-corrected chi connectivity index (χ2v) is 9.21. The summed E-state index contributed by atoms with van der Waals surface area (Å²) in [5.41, 5.74) is 8.65. The van der Waals surface area contributed by atoms with Crippen molar-refractivity contribution in [2.75, 3.05) is 49.2 Å². The number of benzene rings is 3. The highest BCUT2D eigenvalue weighted by atomic mass is 16.6. The molecule has 5 N–H and O–H groups in total. The van der Waals surface area contributed by atoms with E-state index in [2.05, 4.69) is 20.9 Å². The van der Waals surface area contributed by atoms with E-state index in [0.29, 0.717) is 29.0 Å². The predicted molar refractivity (Wildman–Crippen MR) is 150 cm³/mol. The van der Waals surface area contributed by atoms with Crippen LogP contribution in [0.5, 0.6) is 0 Å². The number of amides is 3. The first-order valence-electron chi connectivity index (χ1n) is 12.8. The quantitative estimate of drug-likeness (QED) is 0.171. The lowest BCUT2D eigenvalue weighted by atomic mass is 10.00. The smallest absolute Gasteiger partial charge is 0.319 e. The minimum atomic E-state index is -0.493. The van der Waals surface area contributed by atoms with Gasteiger partial charge in [0.25, 0.3) is 11.6 Å². The van der Waals surface area contributed by atoms with E-state index in [4.69, 9.17) is 10.5 Å². The third-order valence-electron chi connectivity index (χ3n) is 6.50. The molecule has 3 aromatic rings. The van der Waals surface area contributed by atoms with Crippen LogP contribution in [0.15, 0.2) is 72.8 Å². The first-order chi connectivity index (χ1) is 18.9. The number of nitro groups is 1. The zero-order valence-electron chi connectivity index (χ0n) is 21.5. The number of nitrogens with one attached hydrogen (secondary N) is 3. The summed E-state index contributed by atoms with van der Waals surface area (Å²) in [7, 11) is 0. The van der Waals surface area contributed by atoms with E-state index in [0.717, 1.165) is 44.8 Å². The maximum absolute atomic E-state index is 12.8. The number of hydrogen-bond acceptors (Lipinski definition) is 7. The van der Waals surface area contributed by atoms with Crippen molar-refractivity contribution in [2.45, 2.75) is 18.9 Å². The number of ether oxygens (including phenoxy) is 1. The number of nitrogens with zero attached hydrogens (tertiary/aromatic N) is 2. The van der Waals surface area contributed by atoms with Gasteiger partial charge in [0.05, 0.1) is 35.6 Å². The number of morpholine rings is 1. The SMILES string of the molecule is Nc1ccccc1NC(=O)c1ccc(C(CCCN2CCOCC2)NC(=O)Nc2ccc([N+](=O)[O-])cc2)cc1. The fourth-order valence-corrected chi connectivity index (χ4v) is 4.33. The minimum absolute atomic E-state index is 0.0546. The largest absolute Gasteiger partial charge is 0.397 e. The van der Waals surface area contributed by atoms with Crippen LogP contribution in [0.1, 0.15) is 34.8 Å². The Kier molecular flexibility index (Phi) is 9.44. The Morgan fingerprint density at radius 1 is 0.974 bits per heavy atom. The molecule has 0 radical (unpaired) electrons. The van der Waals surface area contributed by atoms with Crippen LogP contribution in [-0.2, 0) is 4.74 Å². The van der Waals surface area contributed by atoms with Gasteiger partial charge >= 0.3 is 6.03 Å². The Labute approximate surface area is 226 Å². The highest BCUT2D eigenvalue weighted by Crippen LogP contribution is 2.22. The summed E-state index contributed by atoms with van der Waals surface area (Å²) in [6.45, 7) is 4.09. The van der Waals surface area contributed by atoms with Crippen LogP contribution in [0.3, 0.4) is 0 Å². The van der Waals surface area contributed by atoms with Gasteiger partial charge in [-0.05, 0) is 61.3 Å². The molecule has 3 amide bonds. The van der Waals surface area contributed by atoms with E-state index in [1.807, 2.05) is 12.1 Å². The molecule has 1 aliphatic rings. The van der Waals surface area contributed by atoms with Crippen LogP contribution < -0.4 is 21.7 Å². The molecule has 204 valence electrons. The molecule has 4 rings (SSSR count). The maximum Gasteiger partial charge on any atom is 0.319 e. The van der Waals surface area contributed by atoms with Crippen LogP contribution in [0.25, 0.3) is 0 Å². The summed E-state index contributed by atoms with van der Waals surface area (Å²) >= 11 is 0. The number of carbonyl (C=O) groups excluding carboxylic acids is 2. The lowest BCUT2D eigenvalue weighted by Crippen LogP contribution is -2.37. The standard InChI is InChI=1S/C28H32N6O5/c29-24-4-1-2-5-26(24)31-27(35)21-9-7-20(8-10-21)25(6-3-15-33-16-18-39-19-17-33)32-28(36)30-22-11-13-23(14-12-22)34(37)38/h1-2,4-5,7-14,25H,3,6,15-19,29H2,(H,31,35)(H2,30,32,36). The van der Waals surface area contributed by atoms with Gasteiger partial charge in [0, 0.05) is 36.5 Å². The molecule has 1 atom stereocenters. The molecule has 1 aliphatic heterocycles. The molecule has 11 nitrogen and oxygen atoms in total. The van der Waals surface area contributed by atoms with Crippen LogP contribution >= 0.6 is 0 Å². The number of hydrogen-bond donors (Lipinski definition) is 4. The highest BCUT2D eigenvalue weighted by Gasteiger charge is 2.18. The molecule has 1 heterocycles. The van der Waals surface area contributed by atoms with Gasteiger partial charge in [-0.1, -0.05) is 24.3 Å². The van der Waals surface area contributed by atoms with Crippen molar-refractivity contribution >= 4 is 34.7 Å². The Morgan fingerprint density at radius 3 is 2.33 bits per heavy atom. The molecule has 0 saturated carbocycles. The van der Waals surface area contributed by atoms with Crippen molar-refractivity contribution in [3.05, 3.63) is 94.0 Å². The molecular weight excluding hydrogens is 500 g/mol. The van der Waals surface area contributed by atoms with E-state index < -0.39 is 11.0 Å². The van der Waals surface area contributed by atoms with Crippen molar-refractivity contribution < 1.29 is 19.2 Å². The number of nitrogen functional groups attached to an aromatic ring is 1. The molecule has 0 aromatic heterocycles. The van der Waals surface area contributed by atoms with Crippen LogP contribution in [0.2, 0.25) is 0 Å². The summed E-state index contributed by atoms with van der Waals surface area (Å²) in [5.74, 6) is -0.285. The number of anilines is 3. The van der Waals surface area contributed by atoms with Gasteiger partial charge in [0.15, 0.2) is 0 Å². The molecule has 0 bridgehead atoms. The minimum Gasteiger partial charge on any atom is -0.397 e. The van der Waals surface area contributed by atoms with Crippen molar-refractivity contribution in [3.8, 4) is 0 Å². The van der Waals surface area contributed by atoms with Crippen molar-refractivity contribution in [3.63, 3.8) is 0 Å². The number of para-hydroxylation sites is 2. The molecule has 1 saturated heterocycles. The monoisotopic (exact) mass is 532 g/mol. The predicted octanol–water partition coefficient (Wildman–Crippen LogP) is 4.40. The number of non-ortho nitro benzene ring substituents is 1. The van der Waals surface area contributed by atoms with Gasteiger partial charge in [0.1, 0.15) is 0 Å². The third-order valence-corrected chi connectivity index (χ3v) is 6.50. The molecule has 0 spiro atoms. The molecule has 11 heteroatoms. The first kappa shape index (κ1) is 27.6. The Hall–Kier alpha value is -4.48. The molecule has 0 aliphatic carbocycles. The number of urea groups is 1. The van der Waals surface area contributed by atoms with E-state index in [1.165, 1.54) is 24.3 Å². The van der Waals surface area contributed by atoms with Crippen LogP contribution in [0, 0.1) is 10.1 Å². The van der Waals surface area contributed by atoms with E-state index in [-0.39, 0.29) is 17.6 Å². The second-order valence-electron chi connectivity index (χ2n) is 9.21. The van der Waals surface area contributed by atoms with Crippen LogP contribution in [0.4, 0.5) is 27.5 Å². The Bertz CT molecular complexity index is 1280. The van der Waals surface area contributed by atoms with Gasteiger partial charge in [0.2, 0.25) is 0 Å². The van der Waals surface area contributed by atoms with Gasteiger partial charge in [-0.25, -0.2) is 4.79 Å². The summed E-state index contributed by atoms with van der Waals surface area (Å²) in [5, 5.41) is 19.4. The van der Waals surface area contributed by atoms with Crippen molar-refractivity contribution in [1.29, 1.82) is 0 Å². The highest BCUT2D eigenvalue weighted by molar-refractivity contribution is 6.05. The summed E-state index contributed by atoms with van der Waals surface area (Å²) in [4.78, 5) is 38.3. The lowest BCUT2D eigenvalue weighted by Gasteiger charge is -2.27. The summed E-state index contributed by atoms with van der Waals surface area (Å²) < 4.78 is 5.42. The van der Waals surface area contributed by atoms with Gasteiger partial charge < -0.3 is 26.4 Å². The van der Waals surface area contributed by atoms with Crippen LogP contribution in [-0.4, -0.2) is 54.6 Å². The lowest BCUT2D eigenvalue weighted by molar-refractivity contribution is -0.384. The normalized spacial score (nSPS) is 14.3. The van der Waals surface area contributed by atoms with E-state index >= 15 is 0 Å². The molecular formula is C28H32N6O5.